The SMILES string of the molecule is CCOc1cc(N2CCN(CCS(C)(=O)=O)CC2)ccc1Nc1nccc(-c2c(-c3ccc(OCC)c(C(=O)Nc4c(F)cccc4F)c3)nc3ccccn23)n1. The zero-order valence-corrected chi connectivity index (χ0v) is 32.5. The number of piperazine rings is 1. The topological polar surface area (TPSA) is 143 Å². The Bertz CT molecular complexity index is 2500. The summed E-state index contributed by atoms with van der Waals surface area (Å²) in [5.74, 6) is -1.27. The number of fused-ring (bicyclic) bond motifs is 1. The van der Waals surface area contributed by atoms with Crippen LogP contribution in [0, 0.1) is 11.6 Å². The molecular weight excluding hydrogens is 755 g/mol. The highest BCUT2D eigenvalue weighted by Crippen LogP contribution is 2.36. The third-order valence-electron chi connectivity index (χ3n) is 9.45. The van der Waals surface area contributed by atoms with Gasteiger partial charge < -0.3 is 25.0 Å². The minimum absolute atomic E-state index is 0.0609. The number of para-hydroxylation sites is 1. The number of benzene rings is 3. The second-order valence-electron chi connectivity index (χ2n) is 13.4. The molecule has 6 aromatic rings. The maximum atomic E-state index is 14.5. The summed E-state index contributed by atoms with van der Waals surface area (Å²) in [7, 11) is -3.02. The zero-order chi connectivity index (χ0) is 40.1. The van der Waals surface area contributed by atoms with Crippen LogP contribution in [0.3, 0.4) is 0 Å². The summed E-state index contributed by atoms with van der Waals surface area (Å²) >= 11 is 0. The Morgan fingerprint density at radius 3 is 2.35 bits per heavy atom. The van der Waals surface area contributed by atoms with E-state index in [4.69, 9.17) is 19.4 Å². The first kappa shape index (κ1) is 39.1. The molecule has 1 aliphatic heterocycles. The molecule has 0 aliphatic carbocycles. The van der Waals surface area contributed by atoms with E-state index in [1.54, 1.807) is 37.4 Å². The Labute approximate surface area is 329 Å². The lowest BCUT2D eigenvalue weighted by Crippen LogP contribution is -2.47. The van der Waals surface area contributed by atoms with Crippen molar-refractivity contribution in [3.8, 4) is 34.1 Å². The largest absolute Gasteiger partial charge is 0.493 e. The standard InChI is InChI=1S/C41H42F2N8O5S/c1-4-55-34-15-12-27(25-29(34)40(52)48-38-30(42)9-8-10-31(38)43)37-39(51-18-7-6-11-36(51)47-37)33-16-17-44-41(46-33)45-32-14-13-28(26-35(32)56-5-2)50-21-19-49(20-22-50)23-24-57(3,53)54/h6-18,25-26H,4-5,19-24H2,1-3H3,(H,48,52)(H,44,45,46). The summed E-state index contributed by atoms with van der Waals surface area (Å²) < 4.78 is 66.0. The van der Waals surface area contributed by atoms with Crippen LogP contribution in [0.25, 0.3) is 28.3 Å². The lowest BCUT2D eigenvalue weighted by atomic mass is 10.0. The minimum atomic E-state index is -3.02. The number of pyridine rings is 1. The fourth-order valence-electron chi connectivity index (χ4n) is 6.66. The lowest BCUT2D eigenvalue weighted by molar-refractivity contribution is 0.102. The Hall–Kier alpha value is -6.13. The number of halogens is 2. The third kappa shape index (κ3) is 8.97. The first-order valence-electron chi connectivity index (χ1n) is 18.5. The number of carbonyl (C=O) groups excluding carboxylic acids is 1. The maximum Gasteiger partial charge on any atom is 0.259 e. The van der Waals surface area contributed by atoms with Crippen LogP contribution in [0.5, 0.6) is 11.5 Å². The molecule has 1 fully saturated rings. The zero-order valence-electron chi connectivity index (χ0n) is 31.7. The van der Waals surface area contributed by atoms with Crippen molar-refractivity contribution in [2.75, 3.05) is 73.5 Å². The minimum Gasteiger partial charge on any atom is -0.493 e. The van der Waals surface area contributed by atoms with Crippen molar-refractivity contribution in [2.24, 2.45) is 0 Å². The first-order valence-corrected chi connectivity index (χ1v) is 20.6. The van der Waals surface area contributed by atoms with Crippen LogP contribution in [0.15, 0.2) is 91.3 Å². The molecule has 57 heavy (non-hydrogen) atoms. The highest BCUT2D eigenvalue weighted by Gasteiger charge is 2.24. The fraction of sp³-hybridized carbons (Fsp3) is 0.268. The lowest BCUT2D eigenvalue weighted by Gasteiger charge is -2.36. The van der Waals surface area contributed by atoms with Gasteiger partial charge >= 0.3 is 0 Å². The van der Waals surface area contributed by atoms with Gasteiger partial charge in [-0.2, -0.15) is 0 Å². The summed E-state index contributed by atoms with van der Waals surface area (Å²) in [5.41, 5.74) is 3.94. The molecule has 0 unspecified atom stereocenters. The van der Waals surface area contributed by atoms with Gasteiger partial charge in [0.1, 0.15) is 44.3 Å². The summed E-state index contributed by atoms with van der Waals surface area (Å²) in [6.45, 7) is 7.90. The Morgan fingerprint density at radius 1 is 0.860 bits per heavy atom. The smallest absolute Gasteiger partial charge is 0.259 e. The van der Waals surface area contributed by atoms with E-state index in [1.165, 1.54) is 12.3 Å². The van der Waals surface area contributed by atoms with E-state index in [0.717, 1.165) is 44.0 Å². The highest BCUT2D eigenvalue weighted by molar-refractivity contribution is 7.90. The maximum absolute atomic E-state index is 14.5. The van der Waals surface area contributed by atoms with Gasteiger partial charge in [0, 0.05) is 68.7 Å². The third-order valence-corrected chi connectivity index (χ3v) is 10.4. The summed E-state index contributed by atoms with van der Waals surface area (Å²) in [6, 6.07) is 21.6. The molecule has 1 saturated heterocycles. The molecule has 16 heteroatoms. The van der Waals surface area contributed by atoms with Gasteiger partial charge in [0.2, 0.25) is 5.95 Å². The predicted octanol–water partition coefficient (Wildman–Crippen LogP) is 6.70. The van der Waals surface area contributed by atoms with E-state index in [2.05, 4.69) is 25.4 Å². The van der Waals surface area contributed by atoms with Gasteiger partial charge in [0.05, 0.1) is 47.3 Å². The van der Waals surface area contributed by atoms with Gasteiger partial charge in [-0.3, -0.25) is 14.1 Å². The summed E-state index contributed by atoms with van der Waals surface area (Å²) in [5, 5.41) is 5.69. The van der Waals surface area contributed by atoms with Crippen molar-refractivity contribution in [3.63, 3.8) is 0 Å². The Morgan fingerprint density at radius 2 is 1.61 bits per heavy atom. The number of nitrogens with zero attached hydrogens (tertiary/aromatic N) is 6. The van der Waals surface area contributed by atoms with Gasteiger partial charge in [0.15, 0.2) is 0 Å². The molecule has 13 nitrogen and oxygen atoms in total. The van der Waals surface area contributed by atoms with Crippen molar-refractivity contribution < 1.29 is 31.5 Å². The normalized spacial score (nSPS) is 13.5. The molecule has 4 heterocycles. The van der Waals surface area contributed by atoms with E-state index < -0.39 is 33.1 Å². The number of aromatic nitrogens is 4. The van der Waals surface area contributed by atoms with E-state index in [-0.39, 0.29) is 23.7 Å². The van der Waals surface area contributed by atoms with Crippen molar-refractivity contribution in [2.45, 2.75) is 13.8 Å². The molecule has 1 amide bonds. The van der Waals surface area contributed by atoms with Crippen LogP contribution in [0.4, 0.5) is 31.8 Å². The van der Waals surface area contributed by atoms with E-state index in [1.807, 2.05) is 53.9 Å². The Balaban J connectivity index is 1.18. The highest BCUT2D eigenvalue weighted by atomic mass is 32.2. The molecule has 1 aliphatic rings. The molecule has 3 aromatic carbocycles. The molecule has 296 valence electrons. The quantitative estimate of drug-likeness (QED) is 0.122. The van der Waals surface area contributed by atoms with Crippen molar-refractivity contribution >= 4 is 44.4 Å². The van der Waals surface area contributed by atoms with E-state index >= 15 is 0 Å². The first-order chi connectivity index (χ1) is 27.5. The second-order valence-corrected chi connectivity index (χ2v) is 15.7. The number of nitrogens with one attached hydrogen (secondary N) is 2. The van der Waals surface area contributed by atoms with Crippen LogP contribution in [0.1, 0.15) is 24.2 Å². The van der Waals surface area contributed by atoms with Crippen LogP contribution in [0.2, 0.25) is 0 Å². The summed E-state index contributed by atoms with van der Waals surface area (Å²) in [4.78, 5) is 32.3. The van der Waals surface area contributed by atoms with Crippen molar-refractivity contribution in [1.82, 2.24) is 24.3 Å². The van der Waals surface area contributed by atoms with Crippen LogP contribution in [-0.4, -0.2) is 96.5 Å². The second kappa shape index (κ2) is 16.9. The van der Waals surface area contributed by atoms with Crippen molar-refractivity contribution in [3.05, 3.63) is 108 Å². The average molecular weight is 797 g/mol. The van der Waals surface area contributed by atoms with E-state index in [9.17, 15) is 22.0 Å². The van der Waals surface area contributed by atoms with Crippen LogP contribution < -0.4 is 25.0 Å². The fourth-order valence-corrected chi connectivity index (χ4v) is 7.25. The van der Waals surface area contributed by atoms with Crippen LogP contribution in [-0.2, 0) is 9.84 Å². The number of rotatable bonds is 14. The number of hydrogen-bond donors (Lipinski definition) is 2. The monoisotopic (exact) mass is 796 g/mol. The number of ether oxygens (including phenoxy) is 2. The number of hydrogen-bond acceptors (Lipinski definition) is 11. The van der Waals surface area contributed by atoms with Gasteiger partial charge in [-0.05, 0) is 74.5 Å². The molecule has 0 atom stereocenters. The van der Waals surface area contributed by atoms with E-state index in [0.29, 0.717) is 58.8 Å². The number of sulfone groups is 1. The average Bonchev–Trinajstić information content (AvgIpc) is 3.59. The molecule has 0 saturated carbocycles. The number of amides is 1. The number of imidazole rings is 1. The number of anilines is 4. The van der Waals surface area contributed by atoms with Gasteiger partial charge in [-0.15, -0.1) is 0 Å². The predicted molar refractivity (Wildman–Crippen MR) is 216 cm³/mol. The molecule has 7 rings (SSSR count). The molecule has 0 bridgehead atoms. The summed E-state index contributed by atoms with van der Waals surface area (Å²) in [6.07, 6.45) is 4.75. The van der Waals surface area contributed by atoms with Crippen LogP contribution >= 0.6 is 0 Å². The van der Waals surface area contributed by atoms with Gasteiger partial charge in [0.25, 0.3) is 5.91 Å². The number of carbonyl (C=O) groups is 1. The molecule has 3 aromatic heterocycles. The molecule has 2 N–H and O–H groups in total. The molecule has 0 spiro atoms. The van der Waals surface area contributed by atoms with Gasteiger partial charge in [-0.1, -0.05) is 12.1 Å². The van der Waals surface area contributed by atoms with Crippen molar-refractivity contribution in [1.29, 1.82) is 0 Å². The molecular formula is C41H42F2N8O5S. The van der Waals surface area contributed by atoms with Gasteiger partial charge in [-0.25, -0.2) is 32.2 Å². The Kier molecular flexibility index (Phi) is 11.6. The molecule has 0 radical (unpaired) electrons.